The molecule has 1 fully saturated rings. The molecule has 2 amide bonds. The molecule has 0 saturated carbocycles. The van der Waals surface area contributed by atoms with Crippen LogP contribution in [0, 0.1) is 5.92 Å². The molecule has 9 nitrogen and oxygen atoms in total. The third-order valence-electron chi connectivity index (χ3n) is 4.70. The number of methoxy groups -OCH3 is 1. The molecule has 1 heterocycles. The molecule has 4 atom stereocenters. The summed E-state index contributed by atoms with van der Waals surface area (Å²) >= 11 is 0. The SMILES string of the molecule is COC(=O)[C@@H]1[C@@H](C)O[C@H](CO)N1C(=O)[C@@H](NC(=O)OCc1ccccc1)C(C)C. The molecule has 1 saturated heterocycles. The van der Waals surface area contributed by atoms with E-state index in [0.717, 1.165) is 10.5 Å². The number of benzene rings is 1. The second-order valence-electron chi connectivity index (χ2n) is 7.12. The zero-order chi connectivity index (χ0) is 21.6. The van der Waals surface area contributed by atoms with E-state index in [4.69, 9.17) is 14.2 Å². The van der Waals surface area contributed by atoms with Gasteiger partial charge in [-0.2, -0.15) is 0 Å². The number of carbonyl (C=O) groups excluding carboxylic acids is 3. The van der Waals surface area contributed by atoms with Crippen molar-refractivity contribution in [2.45, 2.75) is 51.8 Å². The molecule has 1 aromatic carbocycles. The minimum atomic E-state index is -1.02. The Morgan fingerprint density at radius 3 is 2.45 bits per heavy atom. The van der Waals surface area contributed by atoms with E-state index in [1.807, 2.05) is 30.3 Å². The number of nitrogens with zero attached hydrogens (tertiary/aromatic N) is 1. The van der Waals surface area contributed by atoms with Crippen molar-refractivity contribution in [2.75, 3.05) is 13.7 Å². The van der Waals surface area contributed by atoms with Gasteiger partial charge in [-0.05, 0) is 18.4 Å². The largest absolute Gasteiger partial charge is 0.467 e. The van der Waals surface area contributed by atoms with Crippen LogP contribution in [0.5, 0.6) is 0 Å². The molecule has 0 bridgehead atoms. The van der Waals surface area contributed by atoms with Crippen LogP contribution in [0.3, 0.4) is 0 Å². The molecular formula is C20H28N2O7. The van der Waals surface area contributed by atoms with Crippen molar-refractivity contribution in [1.29, 1.82) is 0 Å². The van der Waals surface area contributed by atoms with Crippen molar-refractivity contribution >= 4 is 18.0 Å². The smallest absolute Gasteiger partial charge is 0.408 e. The van der Waals surface area contributed by atoms with Gasteiger partial charge in [-0.3, -0.25) is 9.69 Å². The summed E-state index contributed by atoms with van der Waals surface area (Å²) in [5.74, 6) is -1.52. The predicted octanol–water partition coefficient (Wildman–Crippen LogP) is 1.04. The zero-order valence-corrected chi connectivity index (χ0v) is 17.0. The molecule has 0 radical (unpaired) electrons. The van der Waals surface area contributed by atoms with Crippen LogP contribution < -0.4 is 5.32 Å². The van der Waals surface area contributed by atoms with Gasteiger partial charge in [-0.1, -0.05) is 44.2 Å². The Morgan fingerprint density at radius 2 is 1.90 bits per heavy atom. The molecule has 0 aliphatic carbocycles. The summed E-state index contributed by atoms with van der Waals surface area (Å²) in [4.78, 5) is 38.8. The highest BCUT2D eigenvalue weighted by Crippen LogP contribution is 2.26. The maximum Gasteiger partial charge on any atom is 0.408 e. The molecule has 0 unspecified atom stereocenters. The average Bonchev–Trinajstić information content (AvgIpc) is 3.06. The van der Waals surface area contributed by atoms with Gasteiger partial charge in [-0.15, -0.1) is 0 Å². The van der Waals surface area contributed by atoms with Gasteiger partial charge in [0.2, 0.25) is 5.91 Å². The van der Waals surface area contributed by atoms with Crippen molar-refractivity contribution in [3.05, 3.63) is 35.9 Å². The first kappa shape index (κ1) is 22.6. The van der Waals surface area contributed by atoms with Crippen molar-refractivity contribution in [3.8, 4) is 0 Å². The van der Waals surface area contributed by atoms with Crippen LogP contribution in [0.15, 0.2) is 30.3 Å². The van der Waals surface area contributed by atoms with Crippen molar-refractivity contribution in [3.63, 3.8) is 0 Å². The van der Waals surface area contributed by atoms with Gasteiger partial charge in [0.25, 0.3) is 0 Å². The van der Waals surface area contributed by atoms with Gasteiger partial charge < -0.3 is 24.6 Å². The molecule has 0 aromatic heterocycles. The summed E-state index contributed by atoms with van der Waals surface area (Å²) < 4.78 is 15.5. The highest BCUT2D eigenvalue weighted by Gasteiger charge is 2.49. The lowest BCUT2D eigenvalue weighted by Gasteiger charge is -2.31. The predicted molar refractivity (Wildman–Crippen MR) is 102 cm³/mol. The summed E-state index contributed by atoms with van der Waals surface area (Å²) in [6, 6.07) is 7.14. The minimum Gasteiger partial charge on any atom is -0.467 e. The number of hydrogen-bond acceptors (Lipinski definition) is 7. The molecule has 2 rings (SSSR count). The van der Waals surface area contributed by atoms with Crippen LogP contribution in [0.4, 0.5) is 4.79 Å². The molecule has 29 heavy (non-hydrogen) atoms. The fourth-order valence-electron chi connectivity index (χ4n) is 3.19. The molecular weight excluding hydrogens is 380 g/mol. The second-order valence-corrected chi connectivity index (χ2v) is 7.12. The number of aliphatic hydroxyl groups excluding tert-OH is 1. The number of nitrogens with one attached hydrogen (secondary N) is 1. The summed E-state index contributed by atoms with van der Waals surface area (Å²) in [6.45, 7) is 4.68. The average molecular weight is 408 g/mol. The van der Waals surface area contributed by atoms with Gasteiger partial charge in [0.1, 0.15) is 12.6 Å². The van der Waals surface area contributed by atoms with E-state index in [-0.39, 0.29) is 12.5 Å². The van der Waals surface area contributed by atoms with E-state index in [2.05, 4.69) is 5.32 Å². The quantitative estimate of drug-likeness (QED) is 0.648. The maximum absolute atomic E-state index is 13.2. The van der Waals surface area contributed by atoms with E-state index < -0.39 is 49.0 Å². The standard InChI is InChI=1S/C20H28N2O7/c1-12(2)16(21-20(26)28-11-14-8-6-5-7-9-14)18(24)22-15(10-23)29-13(3)17(22)19(25)27-4/h5-9,12-13,15-17,23H,10-11H2,1-4H3,(H,21,26)/t13-,15-,16+,17+/m1/s1. The Balaban J connectivity index is 2.12. The fraction of sp³-hybridized carbons (Fsp3) is 0.550. The molecule has 9 heteroatoms. The molecule has 1 aromatic rings. The Bertz CT molecular complexity index is 710. The van der Waals surface area contributed by atoms with Gasteiger partial charge in [0.15, 0.2) is 12.3 Å². The summed E-state index contributed by atoms with van der Waals surface area (Å²) in [7, 11) is 1.21. The third-order valence-corrected chi connectivity index (χ3v) is 4.70. The molecule has 1 aliphatic rings. The lowest BCUT2D eigenvalue weighted by Crippen LogP contribution is -2.57. The van der Waals surface area contributed by atoms with Crippen LogP contribution in [-0.4, -0.2) is 66.1 Å². The van der Waals surface area contributed by atoms with Crippen molar-refractivity contribution < 1.29 is 33.7 Å². The highest BCUT2D eigenvalue weighted by atomic mass is 16.6. The number of hydrogen-bond donors (Lipinski definition) is 2. The van der Waals surface area contributed by atoms with Crippen LogP contribution in [0.2, 0.25) is 0 Å². The monoisotopic (exact) mass is 408 g/mol. The normalized spacial score (nSPS) is 22.3. The lowest BCUT2D eigenvalue weighted by atomic mass is 10.0. The number of aliphatic hydroxyl groups is 1. The second kappa shape index (κ2) is 10.2. The highest BCUT2D eigenvalue weighted by molar-refractivity contribution is 5.90. The lowest BCUT2D eigenvalue weighted by molar-refractivity contribution is -0.155. The van der Waals surface area contributed by atoms with Crippen LogP contribution in [0.1, 0.15) is 26.3 Å². The maximum atomic E-state index is 13.2. The Hall–Kier alpha value is -2.65. The van der Waals surface area contributed by atoms with Crippen molar-refractivity contribution in [1.82, 2.24) is 10.2 Å². The van der Waals surface area contributed by atoms with E-state index in [1.54, 1.807) is 20.8 Å². The Labute approximate surface area is 169 Å². The van der Waals surface area contributed by atoms with E-state index in [0.29, 0.717) is 0 Å². The molecule has 0 spiro atoms. The minimum absolute atomic E-state index is 0.0551. The topological polar surface area (TPSA) is 114 Å². The van der Waals surface area contributed by atoms with Crippen LogP contribution in [-0.2, 0) is 30.4 Å². The fourth-order valence-corrected chi connectivity index (χ4v) is 3.19. The first-order chi connectivity index (χ1) is 13.8. The number of rotatable bonds is 7. The zero-order valence-electron chi connectivity index (χ0n) is 17.0. The summed E-state index contributed by atoms with van der Waals surface area (Å²) in [6.07, 6.45) is -2.43. The van der Waals surface area contributed by atoms with E-state index in [1.165, 1.54) is 7.11 Å². The number of amides is 2. The van der Waals surface area contributed by atoms with Crippen LogP contribution in [0.25, 0.3) is 0 Å². The Kier molecular flexibility index (Phi) is 7.98. The number of ether oxygens (including phenoxy) is 3. The molecule has 2 N–H and O–H groups in total. The van der Waals surface area contributed by atoms with Gasteiger partial charge in [0.05, 0.1) is 19.8 Å². The summed E-state index contributed by atoms with van der Waals surface area (Å²) in [5.41, 5.74) is 0.808. The van der Waals surface area contributed by atoms with Crippen molar-refractivity contribution in [2.24, 2.45) is 5.92 Å². The first-order valence-corrected chi connectivity index (χ1v) is 9.43. The number of esters is 1. The summed E-state index contributed by atoms with van der Waals surface area (Å²) in [5, 5.41) is 12.2. The van der Waals surface area contributed by atoms with Gasteiger partial charge in [0, 0.05) is 0 Å². The Morgan fingerprint density at radius 1 is 1.24 bits per heavy atom. The van der Waals surface area contributed by atoms with Crippen LogP contribution >= 0.6 is 0 Å². The first-order valence-electron chi connectivity index (χ1n) is 9.43. The van der Waals surface area contributed by atoms with E-state index in [9.17, 15) is 19.5 Å². The molecule has 1 aliphatic heterocycles. The molecule has 160 valence electrons. The van der Waals surface area contributed by atoms with E-state index >= 15 is 0 Å². The van der Waals surface area contributed by atoms with Gasteiger partial charge in [-0.25, -0.2) is 9.59 Å². The number of carbonyl (C=O) groups is 3. The number of alkyl carbamates (subject to hydrolysis) is 1. The third kappa shape index (κ3) is 5.45. The van der Waals surface area contributed by atoms with Gasteiger partial charge >= 0.3 is 12.1 Å².